The molecule has 1 fully saturated rings. The molecule has 66 valence electrons. The molecule has 1 atom stereocenters. The summed E-state index contributed by atoms with van der Waals surface area (Å²) in [7, 11) is 0. The van der Waals surface area contributed by atoms with Crippen LogP contribution >= 0.6 is 11.6 Å². The van der Waals surface area contributed by atoms with E-state index >= 15 is 0 Å². The molecule has 0 saturated carbocycles. The summed E-state index contributed by atoms with van der Waals surface area (Å²) < 4.78 is 0. The lowest BCUT2D eigenvalue weighted by molar-refractivity contribution is 0.186. The lowest BCUT2D eigenvalue weighted by Gasteiger charge is -2.31. The quantitative estimate of drug-likeness (QED) is 0.596. The molecule has 1 nitrogen and oxygen atoms in total. The van der Waals surface area contributed by atoms with Gasteiger partial charge in [-0.15, -0.1) is 11.6 Å². The molecule has 0 bridgehead atoms. The van der Waals surface area contributed by atoms with Gasteiger partial charge in [0, 0.05) is 12.4 Å². The fourth-order valence-electron chi connectivity index (χ4n) is 1.80. The zero-order valence-corrected chi connectivity index (χ0v) is 8.11. The Morgan fingerprint density at radius 1 is 1.55 bits per heavy atom. The van der Waals surface area contributed by atoms with E-state index in [0.717, 1.165) is 11.8 Å². The smallest absolute Gasteiger partial charge is 0.0263 e. The van der Waals surface area contributed by atoms with Gasteiger partial charge in [-0.2, -0.15) is 0 Å². The van der Waals surface area contributed by atoms with Gasteiger partial charge in [0.25, 0.3) is 0 Å². The summed E-state index contributed by atoms with van der Waals surface area (Å²) in [5, 5.41) is 0. The van der Waals surface area contributed by atoms with Crippen molar-refractivity contribution in [3.8, 4) is 0 Å². The van der Waals surface area contributed by atoms with E-state index in [2.05, 4.69) is 11.8 Å². The Hall–Kier alpha value is 0.250. The number of halogens is 1. The van der Waals surface area contributed by atoms with Crippen LogP contribution in [0.5, 0.6) is 0 Å². The maximum atomic E-state index is 5.82. The number of alkyl halides is 1. The highest BCUT2D eigenvalue weighted by Crippen LogP contribution is 2.17. The Morgan fingerprint density at radius 3 is 3.00 bits per heavy atom. The first kappa shape index (κ1) is 9.34. The van der Waals surface area contributed by atoms with Gasteiger partial charge in [0.15, 0.2) is 0 Å². The monoisotopic (exact) mass is 175 g/mol. The van der Waals surface area contributed by atoms with Crippen molar-refractivity contribution in [3.63, 3.8) is 0 Å². The minimum atomic E-state index is 0.761. The Morgan fingerprint density at radius 2 is 2.36 bits per heavy atom. The fourth-order valence-corrected chi connectivity index (χ4v) is 2.05. The van der Waals surface area contributed by atoms with Gasteiger partial charge in [0.1, 0.15) is 0 Å². The number of rotatable bonds is 3. The van der Waals surface area contributed by atoms with Crippen LogP contribution in [-0.2, 0) is 0 Å². The standard InChI is InChI=1S/C9H18ClN/c1-2-5-11-6-3-4-9(7-10)8-11/h9H,2-8H2,1H3/t9-/m1/s1. The summed E-state index contributed by atoms with van der Waals surface area (Å²) in [5.41, 5.74) is 0. The lowest BCUT2D eigenvalue weighted by atomic mass is 10.00. The van der Waals surface area contributed by atoms with Gasteiger partial charge in [-0.1, -0.05) is 6.92 Å². The van der Waals surface area contributed by atoms with Crippen molar-refractivity contribution < 1.29 is 0 Å². The van der Waals surface area contributed by atoms with E-state index in [-0.39, 0.29) is 0 Å². The molecular weight excluding hydrogens is 158 g/mol. The van der Waals surface area contributed by atoms with Crippen LogP contribution in [-0.4, -0.2) is 30.4 Å². The van der Waals surface area contributed by atoms with Gasteiger partial charge in [0.2, 0.25) is 0 Å². The molecule has 1 aliphatic rings. The molecule has 0 aliphatic carbocycles. The Kier molecular flexibility index (Phi) is 4.24. The van der Waals surface area contributed by atoms with E-state index in [1.54, 1.807) is 0 Å². The van der Waals surface area contributed by atoms with E-state index in [4.69, 9.17) is 11.6 Å². The normalized spacial score (nSPS) is 27.3. The second-order valence-corrected chi connectivity index (χ2v) is 3.77. The molecule has 0 N–H and O–H groups in total. The van der Waals surface area contributed by atoms with Crippen LogP contribution in [0.3, 0.4) is 0 Å². The largest absolute Gasteiger partial charge is 0.303 e. The van der Waals surface area contributed by atoms with Crippen LogP contribution in [0.4, 0.5) is 0 Å². The first-order valence-corrected chi connectivity index (χ1v) is 5.18. The van der Waals surface area contributed by atoms with Crippen molar-refractivity contribution in [3.05, 3.63) is 0 Å². The van der Waals surface area contributed by atoms with E-state index in [9.17, 15) is 0 Å². The molecule has 1 heterocycles. The summed E-state index contributed by atoms with van der Waals surface area (Å²) in [4.78, 5) is 2.54. The molecule has 0 aromatic heterocycles. The van der Waals surface area contributed by atoms with Crippen molar-refractivity contribution >= 4 is 11.6 Å². The van der Waals surface area contributed by atoms with Gasteiger partial charge < -0.3 is 4.90 Å². The summed E-state index contributed by atoms with van der Waals surface area (Å²) in [6, 6.07) is 0. The fraction of sp³-hybridized carbons (Fsp3) is 1.00. The van der Waals surface area contributed by atoms with Gasteiger partial charge in [-0.05, 0) is 38.3 Å². The summed E-state index contributed by atoms with van der Waals surface area (Å²) in [6.07, 6.45) is 3.95. The van der Waals surface area contributed by atoms with E-state index in [0.29, 0.717) is 0 Å². The third kappa shape index (κ3) is 3.00. The second kappa shape index (κ2) is 5.00. The second-order valence-electron chi connectivity index (χ2n) is 3.46. The van der Waals surface area contributed by atoms with E-state index < -0.39 is 0 Å². The number of likely N-dealkylation sites (tertiary alicyclic amines) is 1. The van der Waals surface area contributed by atoms with Crippen molar-refractivity contribution in [1.82, 2.24) is 4.90 Å². The predicted molar refractivity (Wildman–Crippen MR) is 50.2 cm³/mol. The van der Waals surface area contributed by atoms with Crippen LogP contribution in [0, 0.1) is 5.92 Å². The topological polar surface area (TPSA) is 3.24 Å². The maximum Gasteiger partial charge on any atom is 0.0263 e. The summed E-state index contributed by atoms with van der Waals surface area (Å²) >= 11 is 5.82. The first-order chi connectivity index (χ1) is 5.36. The third-order valence-electron chi connectivity index (χ3n) is 2.36. The van der Waals surface area contributed by atoms with Crippen molar-refractivity contribution in [2.75, 3.05) is 25.5 Å². The van der Waals surface area contributed by atoms with Crippen LogP contribution in [0.25, 0.3) is 0 Å². The minimum absolute atomic E-state index is 0.761. The molecule has 2 heteroatoms. The van der Waals surface area contributed by atoms with Crippen molar-refractivity contribution in [2.24, 2.45) is 5.92 Å². The van der Waals surface area contributed by atoms with Gasteiger partial charge in [-0.25, -0.2) is 0 Å². The van der Waals surface area contributed by atoms with Crippen molar-refractivity contribution in [1.29, 1.82) is 0 Å². The molecule has 0 aromatic carbocycles. The van der Waals surface area contributed by atoms with Crippen LogP contribution in [0.1, 0.15) is 26.2 Å². The molecule has 1 aliphatic heterocycles. The first-order valence-electron chi connectivity index (χ1n) is 4.65. The van der Waals surface area contributed by atoms with Crippen LogP contribution in [0.15, 0.2) is 0 Å². The van der Waals surface area contributed by atoms with Gasteiger partial charge in [0.05, 0.1) is 0 Å². The highest BCUT2D eigenvalue weighted by atomic mass is 35.5. The average Bonchev–Trinajstić information content (AvgIpc) is 2.06. The number of piperidine rings is 1. The highest BCUT2D eigenvalue weighted by molar-refractivity contribution is 6.18. The van der Waals surface area contributed by atoms with Crippen LogP contribution in [0.2, 0.25) is 0 Å². The molecule has 0 unspecified atom stereocenters. The number of hydrogen-bond acceptors (Lipinski definition) is 1. The van der Waals surface area contributed by atoms with Gasteiger partial charge in [-0.3, -0.25) is 0 Å². The highest BCUT2D eigenvalue weighted by Gasteiger charge is 2.17. The molecule has 11 heavy (non-hydrogen) atoms. The minimum Gasteiger partial charge on any atom is -0.303 e. The van der Waals surface area contributed by atoms with Crippen LogP contribution < -0.4 is 0 Å². The average molecular weight is 176 g/mol. The molecule has 0 radical (unpaired) electrons. The summed E-state index contributed by atoms with van der Waals surface area (Å²) in [5.74, 6) is 1.61. The predicted octanol–water partition coefficient (Wildman–Crippen LogP) is 2.35. The molecule has 0 spiro atoms. The maximum absolute atomic E-state index is 5.82. The molecule has 1 rings (SSSR count). The zero-order chi connectivity index (χ0) is 8.10. The molecule has 0 aromatic rings. The van der Waals surface area contributed by atoms with Gasteiger partial charge >= 0.3 is 0 Å². The zero-order valence-electron chi connectivity index (χ0n) is 7.35. The number of nitrogens with zero attached hydrogens (tertiary/aromatic N) is 1. The van der Waals surface area contributed by atoms with E-state index in [1.807, 2.05) is 0 Å². The molecule has 0 amide bonds. The SMILES string of the molecule is CCCN1CCC[C@H](CCl)C1. The molecule has 1 saturated heterocycles. The van der Waals surface area contributed by atoms with Crippen molar-refractivity contribution in [2.45, 2.75) is 26.2 Å². The number of hydrogen-bond donors (Lipinski definition) is 0. The molecular formula is C9H18ClN. The Bertz CT molecular complexity index is 104. The van der Waals surface area contributed by atoms with E-state index in [1.165, 1.54) is 38.9 Å². The lowest BCUT2D eigenvalue weighted by Crippen LogP contribution is -2.36. The Balaban J connectivity index is 2.21. The third-order valence-corrected chi connectivity index (χ3v) is 2.80. The summed E-state index contributed by atoms with van der Waals surface area (Å²) in [6.45, 7) is 6.02. The Labute approximate surface area is 74.7 Å².